The van der Waals surface area contributed by atoms with E-state index in [-0.39, 0.29) is 12.4 Å². The molecule has 0 fully saturated rings. The van der Waals surface area contributed by atoms with Crippen LogP contribution in [0, 0.1) is 0 Å². The zero-order valence-electron chi connectivity index (χ0n) is 9.30. The molecule has 18 heavy (non-hydrogen) atoms. The van der Waals surface area contributed by atoms with Crippen LogP contribution in [0.1, 0.15) is 5.69 Å². The molecule has 0 aliphatic carbocycles. The molecule has 0 spiro atoms. The monoisotopic (exact) mass is 273 g/mol. The summed E-state index contributed by atoms with van der Waals surface area (Å²) in [5, 5.41) is 3.98. The van der Waals surface area contributed by atoms with Gasteiger partial charge in [-0.15, -0.1) is 0 Å². The number of ether oxygens (including phenoxy) is 1. The Morgan fingerprint density at radius 3 is 2.94 bits per heavy atom. The Kier molecular flexibility index (Phi) is 3.58. The van der Waals surface area contributed by atoms with Gasteiger partial charge in [-0.05, 0) is 0 Å². The molecule has 0 aliphatic rings. The van der Waals surface area contributed by atoms with Gasteiger partial charge in [-0.1, -0.05) is 0 Å². The maximum Gasteiger partial charge on any atom is 0.350 e. The Labute approximate surface area is 102 Å². The molecule has 10 heteroatoms. The number of nitrogen functional groups attached to an aromatic ring is 1. The molecule has 0 saturated carbocycles. The van der Waals surface area contributed by atoms with E-state index in [1.165, 1.54) is 10.8 Å². The molecule has 2 heterocycles. The molecule has 0 atom stereocenters. The molecule has 4 N–H and O–H groups in total. The summed E-state index contributed by atoms with van der Waals surface area (Å²) in [6, 6.07) is 0. The fraction of sp³-hybridized carbons (Fsp3) is 0.375. The van der Waals surface area contributed by atoms with Gasteiger partial charge in [0.05, 0.1) is 18.5 Å². The standard InChI is InChI=1S/C8H12N5O4P/c9-7-8-10-3-6(13(8)12-4-11-7)1-2-17-5-18(14,15)16/h3-4H,1-2,5H2,(H2,9,11,12)(H2,14,15,16). The van der Waals surface area contributed by atoms with Crippen molar-refractivity contribution in [3.63, 3.8) is 0 Å². The van der Waals surface area contributed by atoms with Crippen LogP contribution in [-0.4, -0.2) is 42.3 Å². The van der Waals surface area contributed by atoms with Crippen LogP contribution in [0.4, 0.5) is 5.82 Å². The third kappa shape index (κ3) is 3.02. The predicted molar refractivity (Wildman–Crippen MR) is 61.8 cm³/mol. The Bertz CT molecular complexity index is 594. The topological polar surface area (TPSA) is 136 Å². The van der Waals surface area contributed by atoms with Crippen molar-refractivity contribution in [1.82, 2.24) is 19.6 Å². The average molecular weight is 273 g/mol. The third-order valence-corrected chi connectivity index (χ3v) is 2.68. The summed E-state index contributed by atoms with van der Waals surface area (Å²) in [6.07, 6.45) is 2.70. The van der Waals surface area contributed by atoms with Crippen molar-refractivity contribution in [1.29, 1.82) is 0 Å². The smallest absolute Gasteiger partial charge is 0.350 e. The van der Waals surface area contributed by atoms with E-state index in [4.69, 9.17) is 20.3 Å². The molecule has 9 nitrogen and oxygen atoms in total. The first-order valence-electron chi connectivity index (χ1n) is 5.03. The molecule has 2 rings (SSSR count). The molecule has 0 amide bonds. The molecule has 2 aromatic rings. The van der Waals surface area contributed by atoms with Crippen LogP contribution >= 0.6 is 7.60 Å². The van der Waals surface area contributed by atoms with Crippen LogP contribution in [0.15, 0.2) is 12.5 Å². The Morgan fingerprint density at radius 1 is 1.44 bits per heavy atom. The first-order valence-corrected chi connectivity index (χ1v) is 6.82. The number of nitrogens with zero attached hydrogens (tertiary/aromatic N) is 4. The Morgan fingerprint density at radius 2 is 2.22 bits per heavy atom. The summed E-state index contributed by atoms with van der Waals surface area (Å²) in [5.41, 5.74) is 6.79. The molecule has 0 saturated heterocycles. The molecular formula is C8H12N5O4P. The van der Waals surface area contributed by atoms with E-state index in [2.05, 4.69) is 15.1 Å². The van der Waals surface area contributed by atoms with Crippen LogP contribution in [0.3, 0.4) is 0 Å². The van der Waals surface area contributed by atoms with Crippen LogP contribution in [0.2, 0.25) is 0 Å². The first-order chi connectivity index (χ1) is 8.47. The van der Waals surface area contributed by atoms with Crippen molar-refractivity contribution < 1.29 is 19.1 Å². The highest BCUT2D eigenvalue weighted by Gasteiger charge is 2.13. The van der Waals surface area contributed by atoms with Crippen LogP contribution in [0.25, 0.3) is 5.65 Å². The zero-order chi connectivity index (χ0) is 13.2. The minimum atomic E-state index is -4.12. The number of imidazole rings is 1. The van der Waals surface area contributed by atoms with Gasteiger partial charge in [0.1, 0.15) is 12.7 Å². The van der Waals surface area contributed by atoms with Crippen molar-refractivity contribution in [2.75, 3.05) is 18.7 Å². The maximum absolute atomic E-state index is 10.6. The highest BCUT2D eigenvalue weighted by atomic mass is 31.2. The quantitative estimate of drug-likeness (QED) is 0.485. The van der Waals surface area contributed by atoms with Crippen LogP contribution < -0.4 is 5.73 Å². The number of fused-ring (bicyclic) bond motifs is 1. The predicted octanol–water partition coefficient (Wildman–Crippen LogP) is -0.599. The van der Waals surface area contributed by atoms with Gasteiger partial charge < -0.3 is 20.3 Å². The normalized spacial score (nSPS) is 12.1. The summed E-state index contributed by atoms with van der Waals surface area (Å²) >= 11 is 0. The minimum Gasteiger partial charge on any atom is -0.381 e. The van der Waals surface area contributed by atoms with Crippen molar-refractivity contribution in [3.8, 4) is 0 Å². The number of hydrogen-bond acceptors (Lipinski definition) is 6. The van der Waals surface area contributed by atoms with Crippen molar-refractivity contribution in [2.24, 2.45) is 0 Å². The number of nitrogens with two attached hydrogens (primary N) is 1. The van der Waals surface area contributed by atoms with Gasteiger partial charge in [-0.2, -0.15) is 5.10 Å². The molecule has 0 bridgehead atoms. The maximum atomic E-state index is 10.6. The lowest BCUT2D eigenvalue weighted by molar-refractivity contribution is 0.159. The Hall–Kier alpha value is -1.54. The van der Waals surface area contributed by atoms with E-state index in [0.717, 1.165) is 5.69 Å². The number of anilines is 1. The van der Waals surface area contributed by atoms with Gasteiger partial charge in [0, 0.05) is 6.42 Å². The summed E-state index contributed by atoms with van der Waals surface area (Å²) in [5.74, 6) is 0.271. The van der Waals surface area contributed by atoms with E-state index in [9.17, 15) is 4.57 Å². The van der Waals surface area contributed by atoms with Crippen molar-refractivity contribution in [2.45, 2.75) is 6.42 Å². The summed E-state index contributed by atoms with van der Waals surface area (Å²) < 4.78 is 17.0. The second-order valence-electron chi connectivity index (χ2n) is 3.58. The van der Waals surface area contributed by atoms with Gasteiger partial charge in [-0.25, -0.2) is 14.5 Å². The lowest BCUT2D eigenvalue weighted by Crippen LogP contribution is -2.06. The van der Waals surface area contributed by atoms with Crippen molar-refractivity contribution in [3.05, 3.63) is 18.2 Å². The van der Waals surface area contributed by atoms with Gasteiger partial charge >= 0.3 is 7.60 Å². The minimum absolute atomic E-state index is 0.156. The molecule has 0 radical (unpaired) electrons. The molecule has 0 aromatic carbocycles. The SMILES string of the molecule is Nc1ncnn2c(CCOCP(=O)(O)O)cnc12. The van der Waals surface area contributed by atoms with Gasteiger partial charge in [0.25, 0.3) is 0 Å². The summed E-state index contributed by atoms with van der Waals surface area (Å²) in [7, 11) is -4.12. The van der Waals surface area contributed by atoms with Crippen molar-refractivity contribution >= 4 is 19.1 Å². The third-order valence-electron chi connectivity index (χ3n) is 2.16. The average Bonchev–Trinajstić information content (AvgIpc) is 2.68. The van der Waals surface area contributed by atoms with Gasteiger partial charge in [0.15, 0.2) is 11.5 Å². The van der Waals surface area contributed by atoms with E-state index in [0.29, 0.717) is 12.1 Å². The zero-order valence-corrected chi connectivity index (χ0v) is 10.2. The fourth-order valence-electron chi connectivity index (χ4n) is 1.41. The number of aromatic nitrogens is 4. The molecule has 98 valence electrons. The van der Waals surface area contributed by atoms with Gasteiger partial charge in [-0.3, -0.25) is 4.57 Å². The number of rotatable bonds is 5. The van der Waals surface area contributed by atoms with E-state index in [1.807, 2.05) is 0 Å². The molecule has 2 aromatic heterocycles. The van der Waals surface area contributed by atoms with E-state index >= 15 is 0 Å². The van der Waals surface area contributed by atoms with E-state index < -0.39 is 13.9 Å². The first kappa shape index (κ1) is 12.9. The lowest BCUT2D eigenvalue weighted by atomic mass is 10.3. The molecule has 0 aliphatic heterocycles. The molecular weight excluding hydrogens is 261 g/mol. The lowest BCUT2D eigenvalue weighted by Gasteiger charge is -2.05. The highest BCUT2D eigenvalue weighted by Crippen LogP contribution is 2.33. The second kappa shape index (κ2) is 4.99. The number of hydrogen-bond donors (Lipinski definition) is 3. The Balaban J connectivity index is 2.00. The second-order valence-corrected chi connectivity index (χ2v) is 5.17. The summed E-state index contributed by atoms with van der Waals surface area (Å²) in [6.45, 7) is 0.156. The van der Waals surface area contributed by atoms with E-state index in [1.54, 1.807) is 6.20 Å². The largest absolute Gasteiger partial charge is 0.381 e. The van der Waals surface area contributed by atoms with Crippen LogP contribution in [-0.2, 0) is 15.7 Å². The van der Waals surface area contributed by atoms with Gasteiger partial charge in [0.2, 0.25) is 0 Å². The molecule has 0 unspecified atom stereocenters. The fourth-order valence-corrected chi connectivity index (χ4v) is 1.78. The highest BCUT2D eigenvalue weighted by molar-refractivity contribution is 7.51. The van der Waals surface area contributed by atoms with Crippen LogP contribution in [0.5, 0.6) is 0 Å². The summed E-state index contributed by atoms with van der Waals surface area (Å²) in [4.78, 5) is 25.1.